The van der Waals surface area contributed by atoms with E-state index in [2.05, 4.69) is 0 Å². The van der Waals surface area contributed by atoms with Crippen molar-refractivity contribution in [1.29, 1.82) is 0 Å². The van der Waals surface area contributed by atoms with E-state index >= 15 is 0 Å². The molecule has 3 aromatic rings. The second kappa shape index (κ2) is 4.53. The van der Waals surface area contributed by atoms with Crippen LogP contribution in [0.2, 0.25) is 0 Å². The minimum absolute atomic E-state index is 0.401. The van der Waals surface area contributed by atoms with Crippen LogP contribution in [0.3, 0.4) is 0 Å². The van der Waals surface area contributed by atoms with E-state index in [9.17, 15) is 9.90 Å². The summed E-state index contributed by atoms with van der Waals surface area (Å²) in [6, 6.07) is 2.32. The Labute approximate surface area is 120 Å². The number of aryl methyl sites for hydroxylation is 2. The Bertz CT molecular complexity index is 800. The van der Waals surface area contributed by atoms with Crippen LogP contribution < -0.4 is 10.5 Å². The van der Waals surface area contributed by atoms with Gasteiger partial charge in [0.05, 0.1) is 12.5 Å². The zero-order chi connectivity index (χ0) is 15.3. The lowest BCUT2D eigenvalue weighted by atomic mass is 9.99. The predicted octanol–water partition coefficient (Wildman–Crippen LogP) is 2.89. The van der Waals surface area contributed by atoms with Gasteiger partial charge in [-0.05, 0) is 26.0 Å². The zero-order valence-corrected chi connectivity index (χ0v) is 11.9. The van der Waals surface area contributed by atoms with Gasteiger partial charge in [0.25, 0.3) is 0 Å². The molecule has 0 saturated heterocycles. The van der Waals surface area contributed by atoms with Gasteiger partial charge in [-0.2, -0.15) is 0 Å². The van der Waals surface area contributed by atoms with Crippen molar-refractivity contribution in [2.75, 3.05) is 7.11 Å². The number of carbonyl (C=O) groups is 1. The van der Waals surface area contributed by atoms with Crippen molar-refractivity contribution in [3.8, 4) is 5.75 Å². The summed E-state index contributed by atoms with van der Waals surface area (Å²) in [4.78, 5) is 11.3. The van der Waals surface area contributed by atoms with Gasteiger partial charge in [0.2, 0.25) is 0 Å². The minimum Gasteiger partial charge on any atom is -0.492 e. The molecule has 2 heterocycles. The number of furan rings is 2. The van der Waals surface area contributed by atoms with E-state index in [1.165, 1.54) is 7.11 Å². The van der Waals surface area contributed by atoms with Gasteiger partial charge in [-0.15, -0.1) is 0 Å². The standard InChI is InChI=1S/C15H15NO5/c1-6-4-8-10(11(16)15(17)18)12-9(5-7(2)20-12)13(19-3)14(8)21-6/h4-5,11H,16H2,1-3H3,(H,17,18). The molecule has 0 amide bonds. The molecule has 1 atom stereocenters. The third kappa shape index (κ3) is 1.87. The fraction of sp³-hybridized carbons (Fsp3) is 0.267. The highest BCUT2D eigenvalue weighted by Crippen LogP contribution is 2.43. The van der Waals surface area contributed by atoms with Gasteiger partial charge in [-0.25, -0.2) is 0 Å². The van der Waals surface area contributed by atoms with Gasteiger partial charge < -0.3 is 24.4 Å². The molecule has 21 heavy (non-hydrogen) atoms. The first-order chi connectivity index (χ1) is 9.93. The smallest absolute Gasteiger partial charge is 0.325 e. The minimum atomic E-state index is -1.21. The van der Waals surface area contributed by atoms with Gasteiger partial charge in [-0.3, -0.25) is 4.79 Å². The van der Waals surface area contributed by atoms with Crippen molar-refractivity contribution in [3.63, 3.8) is 0 Å². The average molecular weight is 289 g/mol. The Morgan fingerprint density at radius 2 is 1.76 bits per heavy atom. The van der Waals surface area contributed by atoms with Gasteiger partial charge in [0, 0.05) is 10.9 Å². The summed E-state index contributed by atoms with van der Waals surface area (Å²) >= 11 is 0. The van der Waals surface area contributed by atoms with E-state index in [0.717, 1.165) is 0 Å². The number of hydrogen-bond donors (Lipinski definition) is 2. The lowest BCUT2D eigenvalue weighted by molar-refractivity contribution is -0.138. The van der Waals surface area contributed by atoms with Crippen molar-refractivity contribution < 1.29 is 23.5 Å². The molecular weight excluding hydrogens is 274 g/mol. The number of fused-ring (bicyclic) bond motifs is 2. The number of carboxylic acid groups (broad SMARTS) is 1. The fourth-order valence-electron chi connectivity index (χ4n) is 2.65. The van der Waals surface area contributed by atoms with Crippen LogP contribution in [-0.2, 0) is 4.79 Å². The number of nitrogens with two attached hydrogens (primary N) is 1. The molecule has 1 unspecified atom stereocenters. The van der Waals surface area contributed by atoms with Gasteiger partial charge in [0.1, 0.15) is 23.1 Å². The van der Waals surface area contributed by atoms with E-state index in [4.69, 9.17) is 19.3 Å². The summed E-state index contributed by atoms with van der Waals surface area (Å²) in [5.41, 5.74) is 7.14. The first-order valence-corrected chi connectivity index (χ1v) is 6.42. The molecule has 0 radical (unpaired) electrons. The number of methoxy groups -OCH3 is 1. The maximum atomic E-state index is 11.3. The summed E-state index contributed by atoms with van der Waals surface area (Å²) < 4.78 is 16.7. The molecule has 0 spiro atoms. The highest BCUT2D eigenvalue weighted by Gasteiger charge is 2.27. The summed E-state index contributed by atoms with van der Waals surface area (Å²) in [6.07, 6.45) is 0. The average Bonchev–Trinajstić information content (AvgIpc) is 2.96. The third-order valence-corrected chi connectivity index (χ3v) is 3.48. The van der Waals surface area contributed by atoms with Crippen LogP contribution in [-0.4, -0.2) is 18.2 Å². The maximum Gasteiger partial charge on any atom is 0.325 e. The highest BCUT2D eigenvalue weighted by atomic mass is 16.5. The van der Waals surface area contributed by atoms with Crippen molar-refractivity contribution in [2.24, 2.45) is 5.73 Å². The van der Waals surface area contributed by atoms with Crippen molar-refractivity contribution in [1.82, 2.24) is 0 Å². The molecule has 0 aliphatic heterocycles. The first-order valence-electron chi connectivity index (χ1n) is 6.42. The molecule has 0 aliphatic rings. The number of ether oxygens (including phenoxy) is 1. The van der Waals surface area contributed by atoms with E-state index in [0.29, 0.717) is 44.8 Å². The lowest BCUT2D eigenvalue weighted by Crippen LogP contribution is -2.21. The van der Waals surface area contributed by atoms with Crippen LogP contribution >= 0.6 is 0 Å². The maximum absolute atomic E-state index is 11.3. The highest BCUT2D eigenvalue weighted by molar-refractivity contribution is 6.07. The molecule has 6 nitrogen and oxygen atoms in total. The Morgan fingerprint density at radius 3 is 2.33 bits per heavy atom. The molecule has 110 valence electrons. The molecular formula is C15H15NO5. The topological polar surface area (TPSA) is 98.8 Å². The first kappa shape index (κ1) is 13.5. The lowest BCUT2D eigenvalue weighted by Gasteiger charge is -2.11. The van der Waals surface area contributed by atoms with Crippen molar-refractivity contribution >= 4 is 27.9 Å². The second-order valence-electron chi connectivity index (χ2n) is 4.96. The fourth-order valence-corrected chi connectivity index (χ4v) is 2.65. The van der Waals surface area contributed by atoms with E-state index in [1.54, 1.807) is 26.0 Å². The van der Waals surface area contributed by atoms with Crippen LogP contribution in [0.1, 0.15) is 23.1 Å². The van der Waals surface area contributed by atoms with Crippen molar-refractivity contribution in [2.45, 2.75) is 19.9 Å². The molecule has 2 aromatic heterocycles. The predicted molar refractivity (Wildman–Crippen MR) is 76.6 cm³/mol. The van der Waals surface area contributed by atoms with E-state index in [1.807, 2.05) is 0 Å². The normalized spacial score (nSPS) is 13.0. The number of carboxylic acids is 1. The number of rotatable bonds is 3. The summed E-state index contributed by atoms with van der Waals surface area (Å²) in [5, 5.41) is 10.5. The van der Waals surface area contributed by atoms with E-state index < -0.39 is 12.0 Å². The molecule has 0 fully saturated rings. The Hall–Kier alpha value is -2.47. The molecule has 3 N–H and O–H groups in total. The molecule has 6 heteroatoms. The monoisotopic (exact) mass is 289 g/mol. The van der Waals surface area contributed by atoms with Crippen LogP contribution in [0, 0.1) is 13.8 Å². The molecule has 3 rings (SSSR count). The number of benzene rings is 1. The van der Waals surface area contributed by atoms with Crippen LogP contribution in [0.5, 0.6) is 5.75 Å². The Balaban J connectivity index is 2.54. The summed E-state index contributed by atoms with van der Waals surface area (Å²) in [5.74, 6) is 0.681. The summed E-state index contributed by atoms with van der Waals surface area (Å²) in [6.45, 7) is 3.56. The summed E-state index contributed by atoms with van der Waals surface area (Å²) in [7, 11) is 1.53. The molecule has 1 aromatic carbocycles. The Kier molecular flexibility index (Phi) is 2.91. The van der Waals surface area contributed by atoms with E-state index in [-0.39, 0.29) is 0 Å². The number of aliphatic carboxylic acids is 1. The van der Waals surface area contributed by atoms with Crippen molar-refractivity contribution in [3.05, 3.63) is 29.2 Å². The number of hydrogen-bond acceptors (Lipinski definition) is 5. The molecule has 0 aliphatic carbocycles. The van der Waals surface area contributed by atoms with Crippen LogP contribution in [0.4, 0.5) is 0 Å². The third-order valence-electron chi connectivity index (χ3n) is 3.48. The Morgan fingerprint density at radius 1 is 1.19 bits per heavy atom. The van der Waals surface area contributed by atoms with Crippen LogP contribution in [0.25, 0.3) is 21.9 Å². The SMILES string of the molecule is COc1c2cc(C)oc2c(C(N)C(=O)O)c2cc(C)oc12. The van der Waals surface area contributed by atoms with Gasteiger partial charge >= 0.3 is 5.97 Å². The van der Waals surface area contributed by atoms with Crippen LogP contribution in [0.15, 0.2) is 21.0 Å². The van der Waals surface area contributed by atoms with Gasteiger partial charge in [-0.1, -0.05) is 0 Å². The van der Waals surface area contributed by atoms with Gasteiger partial charge in [0.15, 0.2) is 11.3 Å². The second-order valence-corrected chi connectivity index (χ2v) is 4.96. The largest absolute Gasteiger partial charge is 0.492 e. The quantitative estimate of drug-likeness (QED) is 0.769. The molecule has 0 saturated carbocycles. The zero-order valence-electron chi connectivity index (χ0n) is 11.9. The molecule has 0 bridgehead atoms.